The van der Waals surface area contributed by atoms with Gasteiger partial charge in [0.25, 0.3) is 0 Å². The van der Waals surface area contributed by atoms with Crippen molar-refractivity contribution in [1.82, 2.24) is 19.7 Å². The Bertz CT molecular complexity index is 759. The number of nitrogens with one attached hydrogen (secondary N) is 1. The summed E-state index contributed by atoms with van der Waals surface area (Å²) < 4.78 is 7.78. The van der Waals surface area contributed by atoms with Gasteiger partial charge in [-0.05, 0) is 37.3 Å². The van der Waals surface area contributed by atoms with Gasteiger partial charge in [0.05, 0.1) is 18.4 Å². The first-order valence-electron chi connectivity index (χ1n) is 9.73. The highest BCUT2D eigenvalue weighted by molar-refractivity contribution is 5.89. The van der Waals surface area contributed by atoms with Gasteiger partial charge in [0.1, 0.15) is 5.82 Å². The number of piperidine rings is 1. The van der Waals surface area contributed by atoms with E-state index in [1.165, 1.54) is 0 Å². The van der Waals surface area contributed by atoms with Crippen LogP contribution in [0.2, 0.25) is 0 Å². The number of hydrogen-bond donors (Lipinski definition) is 1. The first-order valence-corrected chi connectivity index (χ1v) is 9.73. The number of hydrogen-bond acceptors (Lipinski definition) is 4. The fraction of sp³-hybridized carbons (Fsp3) is 0.550. The van der Waals surface area contributed by atoms with E-state index in [4.69, 9.17) is 4.74 Å². The van der Waals surface area contributed by atoms with Crippen LogP contribution in [0, 0.1) is 0 Å². The first-order chi connectivity index (χ1) is 13.1. The summed E-state index contributed by atoms with van der Waals surface area (Å²) in [7, 11) is 1.88. The van der Waals surface area contributed by atoms with Crippen LogP contribution in [0.4, 0.5) is 10.6 Å². The number of carbonyl (C=O) groups is 1. The molecule has 7 nitrogen and oxygen atoms in total. The number of urea groups is 1. The minimum Gasteiger partial charge on any atom is -0.372 e. The van der Waals surface area contributed by atoms with Crippen LogP contribution >= 0.6 is 0 Å². The van der Waals surface area contributed by atoms with E-state index in [1.807, 2.05) is 30.3 Å². The summed E-state index contributed by atoms with van der Waals surface area (Å²) in [6.07, 6.45) is 7.24. The molecule has 1 aliphatic rings. The molecule has 1 saturated heterocycles. The topological polar surface area (TPSA) is 72.3 Å². The van der Waals surface area contributed by atoms with E-state index < -0.39 is 0 Å². The summed E-state index contributed by atoms with van der Waals surface area (Å²) in [5.74, 6) is 0.803. The van der Waals surface area contributed by atoms with Crippen molar-refractivity contribution in [2.45, 2.75) is 52.2 Å². The predicted octanol–water partition coefficient (Wildman–Crippen LogP) is 3.15. The van der Waals surface area contributed by atoms with Gasteiger partial charge in [0.2, 0.25) is 0 Å². The van der Waals surface area contributed by atoms with Gasteiger partial charge in [0.15, 0.2) is 0 Å². The molecule has 0 radical (unpaired) electrons. The van der Waals surface area contributed by atoms with Crippen molar-refractivity contribution < 1.29 is 9.53 Å². The summed E-state index contributed by atoms with van der Waals surface area (Å²) >= 11 is 0. The Morgan fingerprint density at radius 1 is 1.37 bits per heavy atom. The van der Waals surface area contributed by atoms with Crippen LogP contribution in [-0.4, -0.2) is 44.9 Å². The number of aryl methyl sites for hydroxylation is 2. The molecular weight excluding hydrogens is 342 g/mol. The molecule has 1 fully saturated rings. The molecular formula is C20H29N5O2. The van der Waals surface area contributed by atoms with Gasteiger partial charge in [-0.3, -0.25) is 15.0 Å². The van der Waals surface area contributed by atoms with Crippen LogP contribution in [0.15, 0.2) is 24.5 Å². The van der Waals surface area contributed by atoms with Gasteiger partial charge in [0, 0.05) is 38.1 Å². The maximum atomic E-state index is 12.8. The highest BCUT2D eigenvalue weighted by Crippen LogP contribution is 2.22. The zero-order valence-electron chi connectivity index (χ0n) is 16.4. The van der Waals surface area contributed by atoms with Crippen LogP contribution in [0.1, 0.15) is 43.5 Å². The van der Waals surface area contributed by atoms with E-state index in [0.717, 1.165) is 54.9 Å². The zero-order chi connectivity index (χ0) is 19.2. The van der Waals surface area contributed by atoms with E-state index in [0.29, 0.717) is 13.2 Å². The smallest absolute Gasteiger partial charge is 0.323 e. The second kappa shape index (κ2) is 8.99. The largest absolute Gasteiger partial charge is 0.372 e. The Morgan fingerprint density at radius 3 is 2.93 bits per heavy atom. The lowest BCUT2D eigenvalue weighted by atomic mass is 10.1. The number of likely N-dealkylation sites (tertiary alicyclic amines) is 1. The van der Waals surface area contributed by atoms with E-state index in [-0.39, 0.29) is 12.1 Å². The Balaban J connectivity index is 1.59. The van der Waals surface area contributed by atoms with Crippen molar-refractivity contribution in [3.05, 3.63) is 41.3 Å². The molecule has 0 saturated carbocycles. The van der Waals surface area contributed by atoms with Crippen LogP contribution < -0.4 is 5.32 Å². The van der Waals surface area contributed by atoms with Gasteiger partial charge in [-0.2, -0.15) is 5.10 Å². The van der Waals surface area contributed by atoms with Crippen LogP contribution in [0.3, 0.4) is 0 Å². The van der Waals surface area contributed by atoms with E-state index in [2.05, 4.69) is 29.2 Å². The normalized spacial score (nSPS) is 17.1. The summed E-state index contributed by atoms with van der Waals surface area (Å²) in [5.41, 5.74) is 3.22. The molecule has 2 amide bonds. The summed E-state index contributed by atoms with van der Waals surface area (Å²) in [5, 5.41) is 7.60. The number of pyridine rings is 1. The Kier molecular flexibility index (Phi) is 6.45. The van der Waals surface area contributed by atoms with E-state index in [1.54, 1.807) is 10.9 Å². The molecule has 3 heterocycles. The standard InChI is InChI=1S/C20H29N5O2/c1-4-17-18(5-2)23-24(3)19(17)22-20(26)25-11-7-9-16(13-25)27-14-15-8-6-10-21-12-15/h6,8,10,12,16H,4-5,7,9,11,13-14H2,1-3H3,(H,22,26)/t16-/m1/s1. The van der Waals surface area contributed by atoms with E-state index in [9.17, 15) is 4.79 Å². The van der Waals surface area contributed by atoms with Crippen molar-refractivity contribution in [2.24, 2.45) is 7.05 Å². The fourth-order valence-electron chi connectivity index (χ4n) is 3.57. The van der Waals surface area contributed by atoms with Crippen molar-refractivity contribution in [3.63, 3.8) is 0 Å². The molecule has 2 aromatic rings. The number of aromatic nitrogens is 3. The minimum absolute atomic E-state index is 0.0492. The van der Waals surface area contributed by atoms with Gasteiger partial charge in [-0.15, -0.1) is 0 Å². The van der Waals surface area contributed by atoms with Gasteiger partial charge in [-0.1, -0.05) is 19.9 Å². The quantitative estimate of drug-likeness (QED) is 0.847. The maximum absolute atomic E-state index is 12.8. The third kappa shape index (κ3) is 4.66. The van der Waals surface area contributed by atoms with Crippen LogP contribution in [0.5, 0.6) is 0 Å². The molecule has 27 heavy (non-hydrogen) atoms. The maximum Gasteiger partial charge on any atom is 0.323 e. The highest BCUT2D eigenvalue weighted by Gasteiger charge is 2.26. The van der Waals surface area contributed by atoms with Crippen molar-refractivity contribution >= 4 is 11.8 Å². The van der Waals surface area contributed by atoms with Crippen molar-refractivity contribution in [1.29, 1.82) is 0 Å². The molecule has 1 aliphatic heterocycles. The number of carbonyl (C=O) groups excluding carboxylic acids is 1. The van der Waals surface area contributed by atoms with Crippen molar-refractivity contribution in [2.75, 3.05) is 18.4 Å². The third-order valence-electron chi connectivity index (χ3n) is 5.02. The lowest BCUT2D eigenvalue weighted by molar-refractivity contribution is 0.000901. The average molecular weight is 371 g/mol. The molecule has 1 N–H and O–H groups in total. The molecule has 0 unspecified atom stereocenters. The van der Waals surface area contributed by atoms with Crippen LogP contribution in [-0.2, 0) is 31.2 Å². The number of ether oxygens (including phenoxy) is 1. The van der Waals surface area contributed by atoms with Gasteiger partial charge < -0.3 is 9.64 Å². The Hall–Kier alpha value is -2.41. The number of anilines is 1. The molecule has 2 aromatic heterocycles. The van der Waals surface area contributed by atoms with Gasteiger partial charge >= 0.3 is 6.03 Å². The molecule has 3 rings (SSSR count). The molecule has 7 heteroatoms. The molecule has 1 atom stereocenters. The monoisotopic (exact) mass is 371 g/mol. The lowest BCUT2D eigenvalue weighted by Crippen LogP contribution is -2.45. The second-order valence-corrected chi connectivity index (χ2v) is 6.92. The molecule has 0 aliphatic carbocycles. The second-order valence-electron chi connectivity index (χ2n) is 6.92. The Morgan fingerprint density at radius 2 is 2.22 bits per heavy atom. The number of amides is 2. The van der Waals surface area contributed by atoms with Crippen molar-refractivity contribution in [3.8, 4) is 0 Å². The zero-order valence-corrected chi connectivity index (χ0v) is 16.4. The molecule has 0 spiro atoms. The number of rotatable bonds is 6. The minimum atomic E-state index is -0.0787. The summed E-state index contributed by atoms with van der Waals surface area (Å²) in [4.78, 5) is 18.8. The highest BCUT2D eigenvalue weighted by atomic mass is 16.5. The van der Waals surface area contributed by atoms with E-state index >= 15 is 0 Å². The average Bonchev–Trinajstić information content (AvgIpc) is 3.02. The lowest BCUT2D eigenvalue weighted by Gasteiger charge is -2.32. The fourth-order valence-corrected chi connectivity index (χ4v) is 3.57. The third-order valence-corrected chi connectivity index (χ3v) is 5.02. The number of nitrogens with zero attached hydrogens (tertiary/aromatic N) is 4. The molecule has 0 aromatic carbocycles. The van der Waals surface area contributed by atoms with Crippen LogP contribution in [0.25, 0.3) is 0 Å². The van der Waals surface area contributed by atoms with Gasteiger partial charge in [-0.25, -0.2) is 4.79 Å². The SMILES string of the molecule is CCc1nn(C)c(NC(=O)N2CCC[C@@H](OCc3cccnc3)C2)c1CC. The summed E-state index contributed by atoms with van der Waals surface area (Å²) in [6.45, 7) is 6.05. The molecule has 0 bridgehead atoms. The summed E-state index contributed by atoms with van der Waals surface area (Å²) in [6, 6.07) is 3.83. The predicted molar refractivity (Wildman–Crippen MR) is 105 cm³/mol. The first kappa shape index (κ1) is 19.4. The Labute approximate surface area is 160 Å². The molecule has 146 valence electrons.